The van der Waals surface area contributed by atoms with Gasteiger partial charge in [-0.25, -0.2) is 0 Å². The second-order valence-electron chi connectivity index (χ2n) is 6.14. The molecule has 0 spiro atoms. The highest BCUT2D eigenvalue weighted by Crippen LogP contribution is 2.16. The van der Waals surface area contributed by atoms with Gasteiger partial charge in [0.2, 0.25) is 0 Å². The Hall–Kier alpha value is -2.82. The van der Waals surface area contributed by atoms with E-state index in [0.717, 1.165) is 30.6 Å². The number of anilines is 1. The van der Waals surface area contributed by atoms with Gasteiger partial charge in [-0.1, -0.05) is 50.1 Å². The first kappa shape index (κ1) is 19.5. The van der Waals surface area contributed by atoms with Crippen LogP contribution in [0.2, 0.25) is 0 Å². The maximum Gasteiger partial charge on any atom is 0.313 e. The Morgan fingerprint density at radius 2 is 1.65 bits per heavy atom. The number of rotatable bonds is 8. The van der Waals surface area contributed by atoms with Crippen molar-refractivity contribution in [2.24, 2.45) is 0 Å². The summed E-state index contributed by atoms with van der Waals surface area (Å²) in [6.45, 7) is 4.67. The molecule has 2 aromatic carbocycles. The molecule has 2 rings (SSSR count). The number of ether oxygens (including phenoxy) is 1. The molecule has 0 heterocycles. The van der Waals surface area contributed by atoms with E-state index in [1.165, 1.54) is 0 Å². The number of hydrogen-bond donors (Lipinski definition) is 2. The van der Waals surface area contributed by atoms with E-state index in [-0.39, 0.29) is 6.04 Å². The predicted molar refractivity (Wildman–Crippen MR) is 103 cm³/mol. The fourth-order valence-electron chi connectivity index (χ4n) is 2.45. The fourth-order valence-corrected chi connectivity index (χ4v) is 2.45. The van der Waals surface area contributed by atoms with E-state index in [4.69, 9.17) is 4.74 Å². The Morgan fingerprint density at radius 3 is 2.31 bits per heavy atom. The number of hydrogen-bond acceptors (Lipinski definition) is 3. The number of benzene rings is 2. The molecule has 0 aliphatic heterocycles. The zero-order chi connectivity index (χ0) is 18.8. The lowest BCUT2D eigenvalue weighted by atomic mass is 10.1. The monoisotopic (exact) mass is 354 g/mol. The average Bonchev–Trinajstić information content (AvgIpc) is 2.67. The van der Waals surface area contributed by atoms with Gasteiger partial charge in [0, 0.05) is 5.69 Å². The van der Waals surface area contributed by atoms with Crippen LogP contribution in [0.4, 0.5) is 5.69 Å². The highest BCUT2D eigenvalue weighted by atomic mass is 16.5. The summed E-state index contributed by atoms with van der Waals surface area (Å²) in [5.74, 6) is -0.605. The fraction of sp³-hybridized carbons (Fsp3) is 0.333. The van der Waals surface area contributed by atoms with Gasteiger partial charge in [0.05, 0.1) is 12.6 Å². The molecule has 0 aliphatic rings. The molecule has 0 radical (unpaired) electrons. The molecule has 0 aliphatic carbocycles. The molecule has 0 saturated carbocycles. The lowest BCUT2D eigenvalue weighted by Gasteiger charge is -2.14. The molecule has 138 valence electrons. The Balaban J connectivity index is 1.82. The lowest BCUT2D eigenvalue weighted by molar-refractivity contribution is -0.136. The van der Waals surface area contributed by atoms with Gasteiger partial charge in [0.25, 0.3) is 0 Å². The van der Waals surface area contributed by atoms with Crippen LogP contribution in [0.1, 0.15) is 44.7 Å². The summed E-state index contributed by atoms with van der Waals surface area (Å²) >= 11 is 0. The van der Waals surface area contributed by atoms with Crippen LogP contribution in [-0.4, -0.2) is 18.4 Å². The third-order valence-corrected chi connectivity index (χ3v) is 3.98. The largest absolute Gasteiger partial charge is 0.494 e. The first-order valence-electron chi connectivity index (χ1n) is 8.99. The average molecular weight is 354 g/mol. The minimum absolute atomic E-state index is 0.242. The van der Waals surface area contributed by atoms with Crippen molar-refractivity contribution in [1.29, 1.82) is 0 Å². The molecule has 26 heavy (non-hydrogen) atoms. The topological polar surface area (TPSA) is 67.4 Å². The van der Waals surface area contributed by atoms with E-state index in [1.54, 1.807) is 24.3 Å². The number of amides is 2. The van der Waals surface area contributed by atoms with Crippen molar-refractivity contribution in [2.45, 2.75) is 39.2 Å². The Bertz CT molecular complexity index is 699. The second kappa shape index (κ2) is 10.2. The summed E-state index contributed by atoms with van der Waals surface area (Å²) < 4.78 is 5.63. The zero-order valence-corrected chi connectivity index (χ0v) is 15.3. The van der Waals surface area contributed by atoms with Gasteiger partial charge in [0.15, 0.2) is 0 Å². The molecule has 2 N–H and O–H groups in total. The predicted octanol–water partition coefficient (Wildman–Crippen LogP) is 4.07. The molecule has 0 unspecified atom stereocenters. The van der Waals surface area contributed by atoms with Gasteiger partial charge < -0.3 is 15.4 Å². The minimum Gasteiger partial charge on any atom is -0.494 e. The van der Waals surface area contributed by atoms with Crippen LogP contribution in [0, 0.1) is 0 Å². The molecule has 0 fully saturated rings. The van der Waals surface area contributed by atoms with E-state index < -0.39 is 11.8 Å². The van der Waals surface area contributed by atoms with E-state index >= 15 is 0 Å². The van der Waals surface area contributed by atoms with Crippen LogP contribution in [-0.2, 0) is 9.59 Å². The maximum absolute atomic E-state index is 12.1. The molecule has 5 heteroatoms. The third-order valence-electron chi connectivity index (χ3n) is 3.98. The summed E-state index contributed by atoms with van der Waals surface area (Å²) in [4.78, 5) is 24.1. The van der Waals surface area contributed by atoms with Gasteiger partial charge in [-0.05, 0) is 43.2 Å². The summed E-state index contributed by atoms with van der Waals surface area (Å²) in [7, 11) is 0. The van der Waals surface area contributed by atoms with Crippen LogP contribution in [0.15, 0.2) is 54.6 Å². The Morgan fingerprint density at radius 1 is 0.962 bits per heavy atom. The van der Waals surface area contributed by atoms with Gasteiger partial charge >= 0.3 is 11.8 Å². The van der Waals surface area contributed by atoms with Crippen molar-refractivity contribution in [3.63, 3.8) is 0 Å². The molecule has 2 amide bonds. The number of unbranched alkanes of at least 4 members (excludes halogenated alkanes) is 2. The zero-order valence-electron chi connectivity index (χ0n) is 15.3. The van der Waals surface area contributed by atoms with Crippen molar-refractivity contribution >= 4 is 17.5 Å². The van der Waals surface area contributed by atoms with Crippen molar-refractivity contribution in [1.82, 2.24) is 5.32 Å². The highest BCUT2D eigenvalue weighted by molar-refractivity contribution is 6.39. The van der Waals surface area contributed by atoms with Crippen molar-refractivity contribution < 1.29 is 14.3 Å². The first-order chi connectivity index (χ1) is 12.6. The third kappa shape index (κ3) is 6.24. The van der Waals surface area contributed by atoms with Crippen LogP contribution in [0.5, 0.6) is 5.75 Å². The van der Waals surface area contributed by atoms with E-state index in [1.807, 2.05) is 37.3 Å². The van der Waals surface area contributed by atoms with Crippen molar-refractivity contribution in [3.8, 4) is 5.75 Å². The van der Waals surface area contributed by atoms with E-state index in [2.05, 4.69) is 17.6 Å². The van der Waals surface area contributed by atoms with Crippen LogP contribution in [0.3, 0.4) is 0 Å². The summed E-state index contributed by atoms with van der Waals surface area (Å²) in [6, 6.07) is 16.3. The molecular formula is C21H26N2O3. The standard InChI is InChI=1S/C21H26N2O3/c1-3-4-8-15-26-19-13-11-18(12-14-19)23-21(25)20(24)22-16(2)17-9-6-5-7-10-17/h5-7,9-14,16H,3-4,8,15H2,1-2H3,(H,22,24)(H,23,25)/t16-/m0/s1. The molecular weight excluding hydrogens is 328 g/mol. The molecule has 0 aromatic heterocycles. The molecule has 0 bridgehead atoms. The summed E-state index contributed by atoms with van der Waals surface area (Å²) in [5.41, 5.74) is 1.50. The number of carbonyl (C=O) groups is 2. The normalized spacial score (nSPS) is 11.5. The summed E-state index contributed by atoms with van der Waals surface area (Å²) in [5, 5.41) is 5.29. The van der Waals surface area contributed by atoms with Crippen LogP contribution >= 0.6 is 0 Å². The number of carbonyl (C=O) groups excluding carboxylic acids is 2. The second-order valence-corrected chi connectivity index (χ2v) is 6.14. The molecule has 0 saturated heterocycles. The Kier molecular flexibility index (Phi) is 7.68. The van der Waals surface area contributed by atoms with E-state index in [0.29, 0.717) is 12.3 Å². The Labute approximate surface area is 154 Å². The molecule has 2 aromatic rings. The smallest absolute Gasteiger partial charge is 0.313 e. The quantitative estimate of drug-likeness (QED) is 0.555. The molecule has 5 nitrogen and oxygen atoms in total. The van der Waals surface area contributed by atoms with Crippen LogP contribution in [0.25, 0.3) is 0 Å². The lowest BCUT2D eigenvalue weighted by Crippen LogP contribution is -2.36. The molecule has 1 atom stereocenters. The minimum atomic E-state index is -0.690. The van der Waals surface area contributed by atoms with Gasteiger partial charge in [-0.15, -0.1) is 0 Å². The summed E-state index contributed by atoms with van der Waals surface area (Å²) in [6.07, 6.45) is 3.32. The van der Waals surface area contributed by atoms with Gasteiger partial charge in [-0.3, -0.25) is 9.59 Å². The number of nitrogens with one attached hydrogen (secondary N) is 2. The van der Waals surface area contributed by atoms with Gasteiger partial charge in [0.1, 0.15) is 5.75 Å². The first-order valence-corrected chi connectivity index (χ1v) is 8.99. The van der Waals surface area contributed by atoms with Crippen molar-refractivity contribution in [2.75, 3.05) is 11.9 Å². The van der Waals surface area contributed by atoms with Crippen LogP contribution < -0.4 is 15.4 Å². The van der Waals surface area contributed by atoms with Crippen molar-refractivity contribution in [3.05, 3.63) is 60.2 Å². The maximum atomic E-state index is 12.1. The SMILES string of the molecule is CCCCCOc1ccc(NC(=O)C(=O)N[C@@H](C)c2ccccc2)cc1. The van der Waals surface area contributed by atoms with Gasteiger partial charge in [-0.2, -0.15) is 0 Å². The highest BCUT2D eigenvalue weighted by Gasteiger charge is 2.17. The van der Waals surface area contributed by atoms with E-state index in [9.17, 15) is 9.59 Å².